The van der Waals surface area contributed by atoms with Crippen molar-refractivity contribution in [3.05, 3.63) is 57.8 Å². The van der Waals surface area contributed by atoms with Gasteiger partial charge in [-0.2, -0.15) is 0 Å². The molecule has 1 heterocycles. The third-order valence-electron chi connectivity index (χ3n) is 3.82. The third kappa shape index (κ3) is 2.77. The van der Waals surface area contributed by atoms with Gasteiger partial charge in [0.15, 0.2) is 11.6 Å². The molecule has 0 fully saturated rings. The Kier molecular flexibility index (Phi) is 3.64. The van der Waals surface area contributed by atoms with E-state index in [1.165, 1.54) is 19.2 Å². The van der Waals surface area contributed by atoms with Crippen LogP contribution < -0.4 is 15.6 Å². The monoisotopic (exact) mass is 288 g/mol. The predicted molar refractivity (Wildman–Crippen MR) is 79.3 cm³/mol. The molecule has 0 saturated heterocycles. The van der Waals surface area contributed by atoms with Gasteiger partial charge in [-0.15, -0.1) is 0 Å². The van der Waals surface area contributed by atoms with Crippen molar-refractivity contribution in [3.63, 3.8) is 0 Å². The quantitative estimate of drug-likeness (QED) is 0.913. The number of ether oxygens (including phenoxy) is 1. The summed E-state index contributed by atoms with van der Waals surface area (Å²) in [6.07, 6.45) is 2.82. The number of aromatic amines is 1. The fraction of sp³-hybridized carbons (Fsp3) is 0.312. The Morgan fingerprint density at radius 2 is 2.19 bits per heavy atom. The number of hydrogen-bond acceptors (Lipinski definition) is 3. The van der Waals surface area contributed by atoms with Crippen LogP contribution in [0.15, 0.2) is 35.1 Å². The SMILES string of the molecule is COc1ccc(NC2CCCc3[nH]c(=O)ccc32)cc1F. The topological polar surface area (TPSA) is 54.1 Å². The largest absolute Gasteiger partial charge is 0.494 e. The average molecular weight is 288 g/mol. The zero-order valence-electron chi connectivity index (χ0n) is 11.8. The Balaban J connectivity index is 1.86. The summed E-state index contributed by atoms with van der Waals surface area (Å²) in [4.78, 5) is 14.3. The van der Waals surface area contributed by atoms with E-state index in [2.05, 4.69) is 10.3 Å². The van der Waals surface area contributed by atoms with Crippen molar-refractivity contribution >= 4 is 5.69 Å². The molecule has 1 atom stereocenters. The molecule has 0 radical (unpaired) electrons. The van der Waals surface area contributed by atoms with Crippen LogP contribution in [0.5, 0.6) is 5.75 Å². The molecular formula is C16H17FN2O2. The lowest BCUT2D eigenvalue weighted by Gasteiger charge is -2.26. The van der Waals surface area contributed by atoms with Crippen LogP contribution in [0.4, 0.5) is 10.1 Å². The van der Waals surface area contributed by atoms with Crippen molar-refractivity contribution in [3.8, 4) is 5.75 Å². The summed E-state index contributed by atoms with van der Waals surface area (Å²) in [5.74, 6) is -0.158. The molecule has 0 saturated carbocycles. The number of nitrogens with one attached hydrogen (secondary N) is 2. The van der Waals surface area contributed by atoms with E-state index in [1.807, 2.05) is 6.07 Å². The maximum atomic E-state index is 13.7. The van der Waals surface area contributed by atoms with E-state index in [1.54, 1.807) is 12.1 Å². The summed E-state index contributed by atoms with van der Waals surface area (Å²) in [5.41, 5.74) is 2.68. The summed E-state index contributed by atoms with van der Waals surface area (Å²) < 4.78 is 18.7. The number of halogens is 1. The second-order valence-electron chi connectivity index (χ2n) is 5.19. The third-order valence-corrected chi connectivity index (χ3v) is 3.82. The van der Waals surface area contributed by atoms with E-state index < -0.39 is 0 Å². The molecule has 2 N–H and O–H groups in total. The molecule has 0 spiro atoms. The lowest BCUT2D eigenvalue weighted by atomic mass is 9.91. The standard InChI is InChI=1S/C16H17FN2O2/c1-21-15-7-5-10(9-12(15)17)18-13-3-2-4-14-11(13)6-8-16(20)19-14/h5-9,13,18H,2-4H2,1H3,(H,19,20). The van der Waals surface area contributed by atoms with Crippen molar-refractivity contribution in [2.24, 2.45) is 0 Å². The smallest absolute Gasteiger partial charge is 0.248 e. The molecule has 3 rings (SSSR count). The van der Waals surface area contributed by atoms with E-state index >= 15 is 0 Å². The highest BCUT2D eigenvalue weighted by Gasteiger charge is 2.21. The van der Waals surface area contributed by atoms with Crippen LogP contribution in [0.3, 0.4) is 0 Å². The minimum Gasteiger partial charge on any atom is -0.494 e. The minimum absolute atomic E-state index is 0.0788. The highest BCUT2D eigenvalue weighted by atomic mass is 19.1. The Hall–Kier alpha value is -2.30. The molecule has 1 aromatic carbocycles. The molecule has 21 heavy (non-hydrogen) atoms. The number of hydrogen-bond donors (Lipinski definition) is 2. The number of aromatic nitrogens is 1. The Bertz CT molecular complexity index is 712. The summed E-state index contributed by atoms with van der Waals surface area (Å²) in [6.45, 7) is 0. The molecule has 1 aliphatic rings. The van der Waals surface area contributed by atoms with E-state index in [4.69, 9.17) is 4.74 Å². The first-order chi connectivity index (χ1) is 10.2. The van der Waals surface area contributed by atoms with Gasteiger partial charge in [-0.3, -0.25) is 4.79 Å². The molecule has 4 nitrogen and oxygen atoms in total. The van der Waals surface area contributed by atoms with Crippen LogP contribution in [0.25, 0.3) is 0 Å². The molecule has 2 aromatic rings. The number of anilines is 1. The van der Waals surface area contributed by atoms with E-state index in [0.717, 1.165) is 30.5 Å². The van der Waals surface area contributed by atoms with Crippen LogP contribution in [0, 0.1) is 5.82 Å². The lowest BCUT2D eigenvalue weighted by molar-refractivity contribution is 0.386. The second-order valence-corrected chi connectivity index (χ2v) is 5.19. The zero-order chi connectivity index (χ0) is 14.8. The highest BCUT2D eigenvalue weighted by Crippen LogP contribution is 2.31. The van der Waals surface area contributed by atoms with Gasteiger partial charge in [0, 0.05) is 23.5 Å². The fourth-order valence-electron chi connectivity index (χ4n) is 2.81. The maximum Gasteiger partial charge on any atom is 0.248 e. The maximum absolute atomic E-state index is 13.7. The van der Waals surface area contributed by atoms with Crippen LogP contribution in [0.2, 0.25) is 0 Å². The molecular weight excluding hydrogens is 271 g/mol. The normalized spacial score (nSPS) is 17.1. The van der Waals surface area contributed by atoms with Gasteiger partial charge in [0.1, 0.15) is 0 Å². The van der Waals surface area contributed by atoms with Crippen LogP contribution in [-0.2, 0) is 6.42 Å². The number of pyridine rings is 1. The Morgan fingerprint density at radius 1 is 1.33 bits per heavy atom. The zero-order valence-corrected chi connectivity index (χ0v) is 11.8. The van der Waals surface area contributed by atoms with E-state index in [-0.39, 0.29) is 23.2 Å². The fourth-order valence-corrected chi connectivity index (χ4v) is 2.81. The van der Waals surface area contributed by atoms with Gasteiger partial charge in [0.2, 0.25) is 5.56 Å². The van der Waals surface area contributed by atoms with Crippen molar-refractivity contribution < 1.29 is 9.13 Å². The number of fused-ring (bicyclic) bond motifs is 1. The predicted octanol–water partition coefficient (Wildman–Crippen LogP) is 3.01. The van der Waals surface area contributed by atoms with E-state index in [9.17, 15) is 9.18 Å². The molecule has 110 valence electrons. The first-order valence-corrected chi connectivity index (χ1v) is 6.99. The van der Waals surface area contributed by atoms with Crippen LogP contribution >= 0.6 is 0 Å². The molecule has 1 aromatic heterocycles. The Labute approximate surface area is 122 Å². The van der Waals surface area contributed by atoms with Gasteiger partial charge in [-0.1, -0.05) is 0 Å². The molecule has 0 amide bonds. The van der Waals surface area contributed by atoms with Gasteiger partial charge < -0.3 is 15.0 Å². The summed E-state index contributed by atoms with van der Waals surface area (Å²) in [6, 6.07) is 8.30. The molecule has 0 bridgehead atoms. The highest BCUT2D eigenvalue weighted by molar-refractivity contribution is 5.49. The van der Waals surface area contributed by atoms with Crippen LogP contribution in [0.1, 0.15) is 30.1 Å². The molecule has 5 heteroatoms. The number of H-pyrrole nitrogens is 1. The van der Waals surface area contributed by atoms with Gasteiger partial charge in [0.25, 0.3) is 0 Å². The Morgan fingerprint density at radius 3 is 2.95 bits per heavy atom. The van der Waals surface area contributed by atoms with Crippen molar-refractivity contribution in [2.45, 2.75) is 25.3 Å². The van der Waals surface area contributed by atoms with Gasteiger partial charge in [-0.05, 0) is 43.0 Å². The van der Waals surface area contributed by atoms with Crippen molar-refractivity contribution in [2.75, 3.05) is 12.4 Å². The van der Waals surface area contributed by atoms with Crippen molar-refractivity contribution in [1.29, 1.82) is 0 Å². The van der Waals surface area contributed by atoms with Crippen LogP contribution in [-0.4, -0.2) is 12.1 Å². The molecule has 1 unspecified atom stereocenters. The summed E-state index contributed by atoms with van der Waals surface area (Å²) in [7, 11) is 1.44. The summed E-state index contributed by atoms with van der Waals surface area (Å²) >= 11 is 0. The van der Waals surface area contributed by atoms with Gasteiger partial charge in [0.05, 0.1) is 13.2 Å². The van der Waals surface area contributed by atoms with Gasteiger partial charge >= 0.3 is 0 Å². The summed E-state index contributed by atoms with van der Waals surface area (Å²) in [5, 5.41) is 3.33. The van der Waals surface area contributed by atoms with E-state index in [0.29, 0.717) is 5.69 Å². The average Bonchev–Trinajstić information content (AvgIpc) is 2.47. The first kappa shape index (κ1) is 13.7. The first-order valence-electron chi connectivity index (χ1n) is 6.99. The number of rotatable bonds is 3. The number of methoxy groups -OCH3 is 1. The minimum atomic E-state index is -0.389. The molecule has 1 aliphatic carbocycles. The molecule has 0 aliphatic heterocycles. The second kappa shape index (κ2) is 5.60. The number of benzene rings is 1. The van der Waals surface area contributed by atoms with Crippen molar-refractivity contribution in [1.82, 2.24) is 4.98 Å². The van der Waals surface area contributed by atoms with Gasteiger partial charge in [-0.25, -0.2) is 4.39 Å². The number of aryl methyl sites for hydroxylation is 1. The lowest BCUT2D eigenvalue weighted by Crippen LogP contribution is -2.21.